The van der Waals surface area contributed by atoms with Crippen molar-refractivity contribution in [1.82, 2.24) is 19.5 Å². The normalized spacial score (nSPS) is 12.9. The van der Waals surface area contributed by atoms with Crippen LogP contribution in [0.15, 0.2) is 85.5 Å². The first-order valence-electron chi connectivity index (χ1n) is 11.1. The van der Waals surface area contributed by atoms with Crippen LogP contribution < -0.4 is 68.9 Å². The minimum Gasteiger partial charge on any atom is -0.358 e. The van der Waals surface area contributed by atoms with Crippen LogP contribution in [0, 0.1) is 13.5 Å². The maximum absolute atomic E-state index is 13.9. The van der Waals surface area contributed by atoms with E-state index in [0.29, 0.717) is 5.39 Å². The van der Waals surface area contributed by atoms with Crippen molar-refractivity contribution in [3.8, 4) is 0 Å². The number of halogens is 3. The van der Waals surface area contributed by atoms with Gasteiger partial charge in [-0.05, 0) is 36.6 Å². The first kappa shape index (κ1) is 29.6. The molecule has 184 valence electrons. The number of rotatable bonds is 5. The Morgan fingerprint density at radius 3 is 2.32 bits per heavy atom. The number of hydrogen-bond donors (Lipinski definition) is 0. The second kappa shape index (κ2) is 11.8. The Balaban J connectivity index is 0.00000190. The molecular weight excluding hydrogens is 594 g/mol. The molecule has 1 unspecified atom stereocenters. The van der Waals surface area contributed by atoms with Crippen molar-refractivity contribution in [3.63, 3.8) is 0 Å². The molecule has 0 saturated heterocycles. The van der Waals surface area contributed by atoms with Crippen LogP contribution >= 0.6 is 0 Å². The van der Waals surface area contributed by atoms with E-state index in [-0.39, 0.29) is 93.8 Å². The van der Waals surface area contributed by atoms with Gasteiger partial charge in [-0.2, -0.15) is 13.2 Å². The molecule has 0 aliphatic carbocycles. The van der Waals surface area contributed by atoms with Crippen LogP contribution in [0.4, 0.5) is 13.2 Å². The summed E-state index contributed by atoms with van der Waals surface area (Å²) in [5.74, 6) is 0. The average molecular weight is 619 g/mol. The monoisotopic (exact) mass is 619 g/mol. The number of benzene rings is 2. The van der Waals surface area contributed by atoms with Crippen LogP contribution in [0.2, 0.25) is 0 Å². The van der Waals surface area contributed by atoms with Gasteiger partial charge in [0.2, 0.25) is 0 Å². The Morgan fingerprint density at radius 1 is 0.973 bits per heavy atom. The second-order valence-electron chi connectivity index (χ2n) is 8.69. The van der Waals surface area contributed by atoms with Gasteiger partial charge in [0.05, 0.1) is 28.8 Å². The van der Waals surface area contributed by atoms with E-state index in [9.17, 15) is 13.2 Å². The second-order valence-corrected chi connectivity index (χ2v) is 8.69. The summed E-state index contributed by atoms with van der Waals surface area (Å²) in [6.07, 6.45) is 0.742. The number of aryl methyl sites for hydroxylation is 1. The number of pyridine rings is 2. The molecule has 5 rings (SSSR count). The van der Waals surface area contributed by atoms with Crippen molar-refractivity contribution in [3.05, 3.63) is 133 Å². The molecule has 0 radical (unpaired) electrons. The van der Waals surface area contributed by atoms with E-state index < -0.39 is 17.3 Å². The molecule has 0 amide bonds. The number of hydrogen-bond acceptors (Lipinski definition) is 3. The molecule has 0 saturated carbocycles. The molecule has 3 aromatic heterocycles. The molecule has 8 heteroatoms. The van der Waals surface area contributed by atoms with Gasteiger partial charge in [-0.1, -0.05) is 59.7 Å². The largest absolute Gasteiger partial charge is 1.00 e. The number of imidazole rings is 1. The quantitative estimate of drug-likeness (QED) is 0.283. The molecule has 0 N–H and O–H groups in total. The standard InChI is InChI=1S/C28H22F3N4.CH3.Cs/c1-27(24-10-6-7-13-33-24,25-17-32-18-35(25)2)22-11-12-23-20(16-22)15-21(26(34-23)28(29,30)31)14-19-8-4-3-5-9-19;;/h3-13,16-18H,14H2,1-2H3;1H3;/q2*-1;+1. The molecule has 0 fully saturated rings. The zero-order valence-corrected chi connectivity index (χ0v) is 27.5. The van der Waals surface area contributed by atoms with Crippen LogP contribution in [-0.2, 0) is 25.1 Å². The third kappa shape index (κ3) is 5.89. The molecule has 0 aliphatic heterocycles. The van der Waals surface area contributed by atoms with Crippen molar-refractivity contribution in [2.45, 2.75) is 24.9 Å². The Morgan fingerprint density at radius 2 is 1.70 bits per heavy atom. The first-order valence-corrected chi connectivity index (χ1v) is 11.1. The van der Waals surface area contributed by atoms with Crippen LogP contribution in [0.3, 0.4) is 0 Å². The van der Waals surface area contributed by atoms with E-state index in [1.807, 2.05) is 54.9 Å². The molecule has 0 spiro atoms. The van der Waals surface area contributed by atoms with Gasteiger partial charge in [-0.15, -0.1) is 17.5 Å². The molecular formula is C29H25CsF3N4-. The van der Waals surface area contributed by atoms with Crippen LogP contribution in [0.25, 0.3) is 10.9 Å². The molecule has 37 heavy (non-hydrogen) atoms. The fraction of sp³-hybridized carbons (Fsp3) is 0.172. The van der Waals surface area contributed by atoms with Crippen LogP contribution in [0.5, 0.6) is 0 Å². The van der Waals surface area contributed by atoms with Crippen molar-refractivity contribution < 1.29 is 82.1 Å². The maximum atomic E-state index is 13.9. The third-order valence-corrected chi connectivity index (χ3v) is 6.38. The number of nitrogens with zero attached hydrogens (tertiary/aromatic N) is 4. The van der Waals surface area contributed by atoms with Gasteiger partial charge in [0.15, 0.2) is 0 Å². The van der Waals surface area contributed by atoms with Crippen molar-refractivity contribution in [2.24, 2.45) is 7.05 Å². The molecule has 0 aliphatic rings. The Bertz CT molecular complexity index is 1480. The van der Waals surface area contributed by atoms with E-state index in [1.54, 1.807) is 49.1 Å². The van der Waals surface area contributed by atoms with Gasteiger partial charge in [-0.3, -0.25) is 4.98 Å². The minimum atomic E-state index is -4.58. The first-order chi connectivity index (χ1) is 16.8. The number of alkyl halides is 3. The molecule has 3 heterocycles. The van der Waals surface area contributed by atoms with Crippen molar-refractivity contribution >= 4 is 10.9 Å². The van der Waals surface area contributed by atoms with Gasteiger partial charge in [-0.25, -0.2) is 4.98 Å². The van der Waals surface area contributed by atoms with Gasteiger partial charge in [0.1, 0.15) is 0 Å². The summed E-state index contributed by atoms with van der Waals surface area (Å²) >= 11 is 0. The molecule has 2 aromatic carbocycles. The Hall–Kier alpha value is -1.95. The predicted molar refractivity (Wildman–Crippen MR) is 134 cm³/mol. The van der Waals surface area contributed by atoms with E-state index in [0.717, 1.165) is 22.5 Å². The topological polar surface area (TPSA) is 43.6 Å². The van der Waals surface area contributed by atoms with E-state index in [2.05, 4.69) is 21.0 Å². The molecule has 0 bridgehead atoms. The molecule has 4 nitrogen and oxygen atoms in total. The molecule has 1 atom stereocenters. The zero-order valence-electron chi connectivity index (χ0n) is 21.2. The summed E-state index contributed by atoms with van der Waals surface area (Å²) in [4.78, 5) is 12.9. The third-order valence-electron chi connectivity index (χ3n) is 6.38. The van der Waals surface area contributed by atoms with E-state index >= 15 is 0 Å². The SMILES string of the molecule is Cn1cncc1C(C)(c1ccc2nc(C(F)(F)F)c(Cc3ccccc3)[c-]c2c1)c1ccccn1.[CH3-].[Cs+]. The minimum absolute atomic E-state index is 0. The smallest absolute Gasteiger partial charge is 0.358 e. The molecule has 5 aromatic rings. The summed E-state index contributed by atoms with van der Waals surface area (Å²) < 4.78 is 43.6. The van der Waals surface area contributed by atoms with E-state index in [4.69, 9.17) is 0 Å². The Kier molecular flexibility index (Phi) is 9.47. The Labute approximate surface area is 273 Å². The fourth-order valence-corrected chi connectivity index (χ4v) is 4.54. The van der Waals surface area contributed by atoms with E-state index in [1.165, 1.54) is 0 Å². The summed E-state index contributed by atoms with van der Waals surface area (Å²) in [7, 11) is 1.91. The van der Waals surface area contributed by atoms with Crippen LogP contribution in [-0.4, -0.2) is 19.5 Å². The summed E-state index contributed by atoms with van der Waals surface area (Å²) in [5.41, 5.74) is 1.99. The van der Waals surface area contributed by atoms with Crippen LogP contribution in [0.1, 0.15) is 40.7 Å². The summed E-state index contributed by atoms with van der Waals surface area (Å²) in [5, 5.41) is 0.519. The predicted octanol–water partition coefficient (Wildman–Crippen LogP) is 3.58. The van der Waals surface area contributed by atoms with Crippen molar-refractivity contribution in [2.75, 3.05) is 0 Å². The van der Waals surface area contributed by atoms with Gasteiger partial charge in [0, 0.05) is 19.4 Å². The summed E-state index contributed by atoms with van der Waals surface area (Å²) in [6.45, 7) is 2.04. The fourth-order valence-electron chi connectivity index (χ4n) is 4.54. The van der Waals surface area contributed by atoms with Gasteiger partial charge in [0.25, 0.3) is 0 Å². The number of fused-ring (bicyclic) bond motifs is 1. The maximum Gasteiger partial charge on any atom is 1.00 e. The zero-order chi connectivity index (χ0) is 24.6. The average Bonchev–Trinajstić information content (AvgIpc) is 3.29. The van der Waals surface area contributed by atoms with Gasteiger partial charge >= 0.3 is 75.1 Å². The summed E-state index contributed by atoms with van der Waals surface area (Å²) in [6, 6.07) is 23.1. The number of aromatic nitrogens is 4. The van der Waals surface area contributed by atoms with Crippen molar-refractivity contribution in [1.29, 1.82) is 0 Å². The van der Waals surface area contributed by atoms with Gasteiger partial charge < -0.3 is 17.0 Å².